The molecular formula is C14H21NO3. The van der Waals surface area contributed by atoms with Gasteiger partial charge in [0.2, 0.25) is 0 Å². The van der Waals surface area contributed by atoms with E-state index < -0.39 is 0 Å². The van der Waals surface area contributed by atoms with Crippen LogP contribution in [-0.2, 0) is 4.74 Å². The molecule has 1 aliphatic heterocycles. The van der Waals surface area contributed by atoms with E-state index in [0.29, 0.717) is 12.6 Å². The largest absolute Gasteiger partial charge is 0.486 e. The highest BCUT2D eigenvalue weighted by molar-refractivity contribution is 5.40. The molecular weight excluding hydrogens is 230 g/mol. The first-order chi connectivity index (χ1) is 8.83. The van der Waals surface area contributed by atoms with Gasteiger partial charge in [-0.3, -0.25) is 0 Å². The van der Waals surface area contributed by atoms with Crippen LogP contribution in [0.5, 0.6) is 11.5 Å². The minimum absolute atomic E-state index is 0.0609. The van der Waals surface area contributed by atoms with Crippen molar-refractivity contribution in [2.75, 3.05) is 26.9 Å². The van der Waals surface area contributed by atoms with Crippen molar-refractivity contribution in [2.45, 2.75) is 25.5 Å². The Morgan fingerprint density at radius 1 is 1.39 bits per heavy atom. The van der Waals surface area contributed by atoms with Gasteiger partial charge in [0.1, 0.15) is 12.7 Å². The van der Waals surface area contributed by atoms with E-state index in [1.807, 2.05) is 24.3 Å². The molecule has 0 spiro atoms. The summed E-state index contributed by atoms with van der Waals surface area (Å²) >= 11 is 0. The predicted molar refractivity (Wildman–Crippen MR) is 70.3 cm³/mol. The summed E-state index contributed by atoms with van der Waals surface area (Å²) < 4.78 is 16.7. The lowest BCUT2D eigenvalue weighted by atomic mass is 10.2. The van der Waals surface area contributed by atoms with Gasteiger partial charge in [-0.05, 0) is 18.6 Å². The minimum atomic E-state index is 0.0609. The van der Waals surface area contributed by atoms with Crippen molar-refractivity contribution >= 4 is 0 Å². The number of hydrogen-bond donors (Lipinski definition) is 1. The summed E-state index contributed by atoms with van der Waals surface area (Å²) in [6.07, 6.45) is 1.10. The third-order valence-corrected chi connectivity index (χ3v) is 3.06. The van der Waals surface area contributed by atoms with E-state index in [-0.39, 0.29) is 6.10 Å². The molecule has 0 aliphatic carbocycles. The van der Waals surface area contributed by atoms with Gasteiger partial charge in [-0.25, -0.2) is 0 Å². The van der Waals surface area contributed by atoms with Crippen LogP contribution < -0.4 is 14.8 Å². The summed E-state index contributed by atoms with van der Waals surface area (Å²) in [5, 5.41) is 3.44. The Morgan fingerprint density at radius 2 is 2.17 bits per heavy atom. The molecule has 0 bridgehead atoms. The van der Waals surface area contributed by atoms with Crippen LogP contribution in [0.3, 0.4) is 0 Å². The zero-order valence-electron chi connectivity index (χ0n) is 11.0. The maximum Gasteiger partial charge on any atom is 0.161 e. The highest BCUT2D eigenvalue weighted by Gasteiger charge is 2.21. The van der Waals surface area contributed by atoms with Crippen LogP contribution in [-0.4, -0.2) is 39.0 Å². The van der Waals surface area contributed by atoms with Crippen LogP contribution in [0.2, 0.25) is 0 Å². The van der Waals surface area contributed by atoms with E-state index in [9.17, 15) is 0 Å². The second kappa shape index (κ2) is 6.61. The summed E-state index contributed by atoms with van der Waals surface area (Å²) in [7, 11) is 1.72. The van der Waals surface area contributed by atoms with E-state index in [4.69, 9.17) is 14.2 Å². The molecule has 100 valence electrons. The van der Waals surface area contributed by atoms with Crippen LogP contribution >= 0.6 is 0 Å². The maximum absolute atomic E-state index is 5.88. The molecule has 18 heavy (non-hydrogen) atoms. The monoisotopic (exact) mass is 251 g/mol. The van der Waals surface area contributed by atoms with Crippen LogP contribution in [0, 0.1) is 0 Å². The average molecular weight is 251 g/mol. The fourth-order valence-corrected chi connectivity index (χ4v) is 1.98. The third kappa shape index (κ3) is 3.37. The Labute approximate surface area is 108 Å². The number of nitrogens with one attached hydrogen (secondary N) is 1. The molecule has 2 unspecified atom stereocenters. The molecule has 0 saturated carbocycles. The Kier molecular flexibility index (Phi) is 4.84. The van der Waals surface area contributed by atoms with Crippen molar-refractivity contribution in [3.8, 4) is 11.5 Å². The molecule has 0 fully saturated rings. The van der Waals surface area contributed by atoms with Gasteiger partial charge in [0.15, 0.2) is 11.5 Å². The first kappa shape index (κ1) is 13.2. The van der Waals surface area contributed by atoms with Crippen molar-refractivity contribution < 1.29 is 14.2 Å². The predicted octanol–water partition coefficient (Wildman–Crippen LogP) is 1.84. The Hall–Kier alpha value is -1.26. The summed E-state index contributed by atoms with van der Waals surface area (Å²) in [4.78, 5) is 0. The van der Waals surface area contributed by atoms with Crippen molar-refractivity contribution in [1.82, 2.24) is 5.32 Å². The lowest BCUT2D eigenvalue weighted by Gasteiger charge is -2.28. The number of ether oxygens (including phenoxy) is 3. The van der Waals surface area contributed by atoms with Crippen molar-refractivity contribution in [3.63, 3.8) is 0 Å². The fourth-order valence-electron chi connectivity index (χ4n) is 1.98. The maximum atomic E-state index is 5.88. The Balaban J connectivity index is 1.82. The zero-order valence-corrected chi connectivity index (χ0v) is 11.0. The molecule has 4 heteroatoms. The second-order valence-electron chi connectivity index (χ2n) is 4.47. The van der Waals surface area contributed by atoms with E-state index in [0.717, 1.165) is 31.1 Å². The highest BCUT2D eigenvalue weighted by Crippen LogP contribution is 2.30. The second-order valence-corrected chi connectivity index (χ2v) is 4.47. The molecule has 1 heterocycles. The summed E-state index contributed by atoms with van der Waals surface area (Å²) in [6.45, 7) is 4.23. The first-order valence-corrected chi connectivity index (χ1v) is 6.44. The lowest BCUT2D eigenvalue weighted by molar-refractivity contribution is 0.0825. The van der Waals surface area contributed by atoms with Crippen LogP contribution in [0.25, 0.3) is 0 Å². The van der Waals surface area contributed by atoms with Gasteiger partial charge in [-0.15, -0.1) is 0 Å². The number of para-hydroxylation sites is 2. The van der Waals surface area contributed by atoms with Crippen LogP contribution in [0.15, 0.2) is 24.3 Å². The Morgan fingerprint density at radius 3 is 2.89 bits per heavy atom. The molecule has 2 atom stereocenters. The molecule has 0 amide bonds. The van der Waals surface area contributed by atoms with E-state index in [1.54, 1.807) is 7.11 Å². The number of methoxy groups -OCH3 is 1. The van der Waals surface area contributed by atoms with Crippen molar-refractivity contribution in [1.29, 1.82) is 0 Å². The number of hydrogen-bond acceptors (Lipinski definition) is 4. The smallest absolute Gasteiger partial charge is 0.161 e. The molecule has 0 radical (unpaired) electrons. The summed E-state index contributed by atoms with van der Waals surface area (Å²) in [5.74, 6) is 1.66. The summed E-state index contributed by atoms with van der Waals surface area (Å²) in [5.41, 5.74) is 0. The topological polar surface area (TPSA) is 39.7 Å². The third-order valence-electron chi connectivity index (χ3n) is 3.06. The van der Waals surface area contributed by atoms with Crippen molar-refractivity contribution in [2.24, 2.45) is 0 Å². The van der Waals surface area contributed by atoms with E-state index in [1.165, 1.54) is 0 Å². The van der Waals surface area contributed by atoms with Crippen LogP contribution in [0.1, 0.15) is 13.3 Å². The van der Waals surface area contributed by atoms with E-state index in [2.05, 4.69) is 12.2 Å². The van der Waals surface area contributed by atoms with Gasteiger partial charge in [0.25, 0.3) is 0 Å². The lowest BCUT2D eigenvalue weighted by Crippen LogP contribution is -2.43. The molecule has 0 saturated heterocycles. The molecule has 1 aliphatic rings. The first-order valence-electron chi connectivity index (χ1n) is 6.44. The number of rotatable bonds is 6. The van der Waals surface area contributed by atoms with E-state index >= 15 is 0 Å². The fraction of sp³-hybridized carbons (Fsp3) is 0.571. The quantitative estimate of drug-likeness (QED) is 0.837. The van der Waals surface area contributed by atoms with Gasteiger partial charge in [-0.2, -0.15) is 0 Å². The van der Waals surface area contributed by atoms with Gasteiger partial charge in [0.05, 0.1) is 6.61 Å². The number of fused-ring (bicyclic) bond motifs is 1. The molecule has 4 nitrogen and oxygen atoms in total. The van der Waals surface area contributed by atoms with Gasteiger partial charge in [0, 0.05) is 19.7 Å². The molecule has 2 rings (SSSR count). The summed E-state index contributed by atoms with van der Waals surface area (Å²) in [6, 6.07) is 8.15. The highest BCUT2D eigenvalue weighted by atomic mass is 16.6. The molecule has 1 aromatic rings. The van der Waals surface area contributed by atoms with Gasteiger partial charge in [-0.1, -0.05) is 19.1 Å². The Bertz CT molecular complexity index is 370. The normalized spacial score (nSPS) is 19.6. The van der Waals surface area contributed by atoms with Crippen LogP contribution in [0.4, 0.5) is 0 Å². The zero-order chi connectivity index (χ0) is 12.8. The standard InChI is InChI=1S/C14H21NO3/c1-3-11(9-16-2)15-8-12-10-17-13-6-4-5-7-14(13)18-12/h4-7,11-12,15H,3,8-10H2,1-2H3. The van der Waals surface area contributed by atoms with Gasteiger partial charge < -0.3 is 19.5 Å². The molecule has 0 aromatic heterocycles. The number of benzene rings is 1. The minimum Gasteiger partial charge on any atom is -0.486 e. The van der Waals surface area contributed by atoms with Crippen molar-refractivity contribution in [3.05, 3.63) is 24.3 Å². The average Bonchev–Trinajstić information content (AvgIpc) is 2.43. The SMILES string of the molecule is CCC(COC)NCC1COc2ccccc2O1. The molecule has 1 N–H and O–H groups in total. The molecule has 1 aromatic carbocycles. The van der Waals surface area contributed by atoms with Gasteiger partial charge >= 0.3 is 0 Å².